The third kappa shape index (κ3) is 3.22. The number of amides is 3. The van der Waals surface area contributed by atoms with Crippen molar-refractivity contribution in [2.24, 2.45) is 0 Å². The summed E-state index contributed by atoms with van der Waals surface area (Å²) in [7, 11) is 0. The summed E-state index contributed by atoms with van der Waals surface area (Å²) in [6.07, 6.45) is 2.87. The number of aromatic amines is 1. The van der Waals surface area contributed by atoms with Gasteiger partial charge in [0.25, 0.3) is 0 Å². The molecule has 0 aliphatic carbocycles. The Balaban J connectivity index is 1.39. The van der Waals surface area contributed by atoms with Crippen LogP contribution in [0.15, 0.2) is 30.5 Å². The van der Waals surface area contributed by atoms with E-state index in [1.807, 2.05) is 38.1 Å². The first-order valence-corrected chi connectivity index (χ1v) is 9.22. The van der Waals surface area contributed by atoms with E-state index in [0.717, 1.165) is 22.9 Å². The topological polar surface area (TPSA) is 102 Å². The molecule has 1 aromatic carbocycles. The number of urea groups is 1. The summed E-state index contributed by atoms with van der Waals surface area (Å²) in [6.45, 7) is 4.85. The van der Waals surface area contributed by atoms with Crippen molar-refractivity contribution in [1.82, 2.24) is 20.2 Å². The Morgan fingerprint density at radius 2 is 1.96 bits per heavy atom. The fraction of sp³-hybridized carbons (Fsp3) is 0.421. The maximum Gasteiger partial charge on any atom is 0.317 e. The Kier molecular flexibility index (Phi) is 4.25. The average Bonchev–Trinajstić information content (AvgIpc) is 3.10. The van der Waals surface area contributed by atoms with Gasteiger partial charge in [-0.2, -0.15) is 0 Å². The molecule has 4 rings (SSSR count). The lowest BCUT2D eigenvalue weighted by molar-refractivity contribution is -0.121. The monoisotopic (exact) mass is 368 g/mol. The molecule has 27 heavy (non-hydrogen) atoms. The van der Waals surface area contributed by atoms with Gasteiger partial charge >= 0.3 is 6.03 Å². The van der Waals surface area contributed by atoms with Crippen LogP contribution < -0.4 is 16.0 Å². The number of rotatable bonds is 2. The Morgan fingerprint density at radius 3 is 2.63 bits per heavy atom. The number of aromatic nitrogens is 2. The smallest absolute Gasteiger partial charge is 0.317 e. The third-order valence-electron chi connectivity index (χ3n) is 5.36. The minimum Gasteiger partial charge on any atom is -0.369 e. The highest BCUT2D eigenvalue weighted by molar-refractivity contribution is 6.06. The van der Waals surface area contributed by atoms with Crippen LogP contribution in [0.5, 0.6) is 0 Å². The SMILES string of the molecule is Cc1cnc(C(C)NC(=O)N2CCC3(CC2)Nc2ccccc2NC3=O)[nH]1. The van der Waals surface area contributed by atoms with Crippen molar-refractivity contribution in [3.05, 3.63) is 42.0 Å². The van der Waals surface area contributed by atoms with Gasteiger partial charge in [0, 0.05) is 25.0 Å². The maximum absolute atomic E-state index is 12.7. The number of aryl methyl sites for hydroxylation is 1. The molecule has 2 aliphatic heterocycles. The predicted molar refractivity (Wildman–Crippen MR) is 103 cm³/mol. The summed E-state index contributed by atoms with van der Waals surface area (Å²) in [6, 6.07) is 7.34. The van der Waals surface area contributed by atoms with Crippen molar-refractivity contribution in [1.29, 1.82) is 0 Å². The van der Waals surface area contributed by atoms with Crippen LogP contribution in [0.3, 0.4) is 0 Å². The average molecular weight is 368 g/mol. The molecule has 3 amide bonds. The molecular formula is C19H24N6O2. The molecule has 1 saturated heterocycles. The number of hydrogen-bond donors (Lipinski definition) is 4. The van der Waals surface area contributed by atoms with E-state index in [1.54, 1.807) is 11.1 Å². The van der Waals surface area contributed by atoms with E-state index >= 15 is 0 Å². The van der Waals surface area contributed by atoms with Gasteiger partial charge in [0.05, 0.1) is 17.4 Å². The summed E-state index contributed by atoms with van der Waals surface area (Å²) in [5.41, 5.74) is 2.03. The molecule has 0 saturated carbocycles. The molecule has 0 radical (unpaired) electrons. The molecule has 2 aliphatic rings. The Labute approximate surface area is 157 Å². The third-order valence-corrected chi connectivity index (χ3v) is 5.36. The number of fused-ring (bicyclic) bond motifs is 1. The van der Waals surface area contributed by atoms with Crippen LogP contribution in [0.1, 0.15) is 37.3 Å². The number of likely N-dealkylation sites (tertiary alicyclic amines) is 1. The molecule has 4 N–H and O–H groups in total. The summed E-state index contributed by atoms with van der Waals surface area (Å²) >= 11 is 0. The van der Waals surface area contributed by atoms with Gasteiger partial charge in [-0.1, -0.05) is 12.1 Å². The number of imidazole rings is 1. The van der Waals surface area contributed by atoms with Gasteiger partial charge in [0.1, 0.15) is 11.4 Å². The summed E-state index contributed by atoms with van der Waals surface area (Å²) in [5, 5.41) is 9.36. The normalized spacial score (nSPS) is 19.0. The Bertz CT molecular complexity index is 869. The maximum atomic E-state index is 12.7. The van der Waals surface area contributed by atoms with Gasteiger partial charge in [0.15, 0.2) is 0 Å². The minimum absolute atomic E-state index is 0.0271. The van der Waals surface area contributed by atoms with Gasteiger partial charge in [0.2, 0.25) is 5.91 Å². The van der Waals surface area contributed by atoms with E-state index in [2.05, 4.69) is 25.9 Å². The summed E-state index contributed by atoms with van der Waals surface area (Å²) in [5.74, 6) is 0.708. The number of anilines is 2. The standard InChI is InChI=1S/C19H24N6O2/c1-12-11-20-16(21-12)13(2)22-18(27)25-9-7-19(8-10-25)17(26)23-14-5-3-4-6-15(14)24-19/h3-6,11,13,24H,7-10H2,1-2H3,(H,20,21)(H,22,27)(H,23,26). The second-order valence-electron chi connectivity index (χ2n) is 7.32. The zero-order chi connectivity index (χ0) is 19.0. The first kappa shape index (κ1) is 17.4. The number of nitrogens with one attached hydrogen (secondary N) is 4. The molecule has 3 heterocycles. The number of benzene rings is 1. The zero-order valence-electron chi connectivity index (χ0n) is 15.5. The number of H-pyrrole nitrogens is 1. The number of para-hydroxylation sites is 2. The number of carbonyl (C=O) groups is 2. The Morgan fingerprint density at radius 1 is 1.26 bits per heavy atom. The lowest BCUT2D eigenvalue weighted by Crippen LogP contribution is -2.60. The van der Waals surface area contributed by atoms with Crippen molar-refractivity contribution < 1.29 is 9.59 Å². The van der Waals surface area contributed by atoms with Gasteiger partial charge in [-0.15, -0.1) is 0 Å². The van der Waals surface area contributed by atoms with Crippen LogP contribution >= 0.6 is 0 Å². The molecule has 1 aromatic heterocycles. The molecule has 1 fully saturated rings. The van der Waals surface area contributed by atoms with Crippen LogP contribution in [0.25, 0.3) is 0 Å². The first-order chi connectivity index (χ1) is 13.0. The van der Waals surface area contributed by atoms with E-state index in [0.29, 0.717) is 25.9 Å². The lowest BCUT2D eigenvalue weighted by atomic mass is 9.84. The predicted octanol–water partition coefficient (Wildman–Crippen LogP) is 2.39. The van der Waals surface area contributed by atoms with Gasteiger partial charge in [-0.3, -0.25) is 4.79 Å². The molecule has 8 heteroatoms. The van der Waals surface area contributed by atoms with Gasteiger partial charge in [-0.05, 0) is 38.8 Å². The van der Waals surface area contributed by atoms with Gasteiger partial charge < -0.3 is 25.8 Å². The van der Waals surface area contributed by atoms with Crippen LogP contribution in [0.2, 0.25) is 0 Å². The first-order valence-electron chi connectivity index (χ1n) is 9.22. The van der Waals surface area contributed by atoms with Crippen molar-refractivity contribution in [2.75, 3.05) is 23.7 Å². The molecular weight excluding hydrogens is 344 g/mol. The minimum atomic E-state index is -0.658. The quantitative estimate of drug-likeness (QED) is 0.654. The number of hydrogen-bond acceptors (Lipinski definition) is 4. The van der Waals surface area contributed by atoms with E-state index < -0.39 is 5.54 Å². The molecule has 2 aromatic rings. The van der Waals surface area contributed by atoms with Crippen molar-refractivity contribution in [2.45, 2.75) is 38.3 Å². The van der Waals surface area contributed by atoms with Crippen LogP contribution in [-0.2, 0) is 4.79 Å². The molecule has 0 bridgehead atoms. The van der Waals surface area contributed by atoms with E-state index in [1.165, 1.54) is 0 Å². The summed E-state index contributed by atoms with van der Waals surface area (Å²) in [4.78, 5) is 34.4. The van der Waals surface area contributed by atoms with E-state index in [-0.39, 0.29) is 18.0 Å². The van der Waals surface area contributed by atoms with Crippen molar-refractivity contribution in [3.8, 4) is 0 Å². The molecule has 8 nitrogen and oxygen atoms in total. The molecule has 1 spiro atoms. The van der Waals surface area contributed by atoms with Crippen LogP contribution in [0, 0.1) is 6.92 Å². The fourth-order valence-electron chi connectivity index (χ4n) is 3.70. The van der Waals surface area contributed by atoms with E-state index in [9.17, 15) is 9.59 Å². The number of carbonyl (C=O) groups excluding carboxylic acids is 2. The van der Waals surface area contributed by atoms with Crippen molar-refractivity contribution >= 4 is 23.3 Å². The van der Waals surface area contributed by atoms with Crippen LogP contribution in [-0.4, -0.2) is 45.4 Å². The molecule has 142 valence electrons. The summed E-state index contributed by atoms with van der Waals surface area (Å²) < 4.78 is 0. The largest absolute Gasteiger partial charge is 0.369 e. The number of piperidine rings is 1. The molecule has 1 atom stereocenters. The lowest BCUT2D eigenvalue weighted by Gasteiger charge is -2.44. The van der Waals surface area contributed by atoms with Crippen LogP contribution in [0.4, 0.5) is 16.2 Å². The van der Waals surface area contributed by atoms with E-state index in [4.69, 9.17) is 0 Å². The highest BCUT2D eigenvalue weighted by Crippen LogP contribution is 2.36. The Hall–Kier alpha value is -3.03. The molecule has 1 unspecified atom stereocenters. The highest BCUT2D eigenvalue weighted by atomic mass is 16.2. The fourth-order valence-corrected chi connectivity index (χ4v) is 3.70. The zero-order valence-corrected chi connectivity index (χ0v) is 15.5. The second-order valence-corrected chi connectivity index (χ2v) is 7.32. The highest BCUT2D eigenvalue weighted by Gasteiger charge is 2.45. The number of nitrogens with zero attached hydrogens (tertiary/aromatic N) is 2. The second kappa shape index (κ2) is 6.61. The van der Waals surface area contributed by atoms with Crippen molar-refractivity contribution in [3.63, 3.8) is 0 Å². The van der Waals surface area contributed by atoms with Gasteiger partial charge in [-0.25, -0.2) is 9.78 Å².